The highest BCUT2D eigenvalue weighted by atomic mass is 35.5. The predicted molar refractivity (Wildman–Crippen MR) is 83.8 cm³/mol. The molecule has 3 N–H and O–H groups in total. The van der Waals surface area contributed by atoms with E-state index >= 15 is 0 Å². The van der Waals surface area contributed by atoms with Gasteiger partial charge in [-0.3, -0.25) is 9.59 Å². The standard InChI is InChI=1S/C15H12Cl2N2O2/c16-12-6-3-10(8-13(12)17)15(21)19-11-4-1-9(2-5-11)7-14(18)20/h1-6,8H,7H2,(H2,18,20)(H,19,21). The molecule has 2 aromatic rings. The number of nitrogens with one attached hydrogen (secondary N) is 1. The molecule has 0 aliphatic carbocycles. The van der Waals surface area contributed by atoms with Gasteiger partial charge in [0.15, 0.2) is 0 Å². The van der Waals surface area contributed by atoms with Crippen molar-refractivity contribution in [1.82, 2.24) is 0 Å². The molecule has 0 spiro atoms. The lowest BCUT2D eigenvalue weighted by atomic mass is 10.1. The minimum atomic E-state index is -0.400. The number of amides is 2. The smallest absolute Gasteiger partial charge is 0.255 e. The van der Waals surface area contributed by atoms with E-state index in [0.717, 1.165) is 5.56 Å². The van der Waals surface area contributed by atoms with Gasteiger partial charge in [-0.25, -0.2) is 0 Å². The van der Waals surface area contributed by atoms with Crippen molar-refractivity contribution in [2.24, 2.45) is 5.73 Å². The number of nitrogens with two attached hydrogens (primary N) is 1. The third-order valence-corrected chi connectivity index (χ3v) is 3.51. The second-order valence-electron chi connectivity index (χ2n) is 4.42. The van der Waals surface area contributed by atoms with E-state index in [4.69, 9.17) is 28.9 Å². The third kappa shape index (κ3) is 4.21. The number of carbonyl (C=O) groups excluding carboxylic acids is 2. The van der Waals surface area contributed by atoms with Crippen molar-refractivity contribution in [3.05, 3.63) is 63.6 Å². The van der Waals surface area contributed by atoms with Crippen LogP contribution in [0.1, 0.15) is 15.9 Å². The molecule has 0 aliphatic heterocycles. The molecule has 0 fully saturated rings. The lowest BCUT2D eigenvalue weighted by Crippen LogP contribution is -2.14. The molecule has 0 atom stereocenters. The maximum atomic E-state index is 12.1. The predicted octanol–water partition coefficient (Wildman–Crippen LogP) is 3.27. The summed E-state index contributed by atoms with van der Waals surface area (Å²) in [4.78, 5) is 22.9. The zero-order chi connectivity index (χ0) is 15.4. The summed E-state index contributed by atoms with van der Waals surface area (Å²) in [6.07, 6.45) is 0.168. The van der Waals surface area contributed by atoms with Crippen LogP contribution in [-0.4, -0.2) is 11.8 Å². The van der Waals surface area contributed by atoms with Crippen LogP contribution in [0.4, 0.5) is 5.69 Å². The van der Waals surface area contributed by atoms with E-state index in [1.807, 2.05) is 0 Å². The monoisotopic (exact) mass is 322 g/mol. The first-order valence-electron chi connectivity index (χ1n) is 6.09. The Morgan fingerprint density at radius 3 is 2.24 bits per heavy atom. The van der Waals surface area contributed by atoms with Gasteiger partial charge in [-0.15, -0.1) is 0 Å². The molecule has 6 heteroatoms. The van der Waals surface area contributed by atoms with Crippen LogP contribution in [0.2, 0.25) is 10.0 Å². The number of carbonyl (C=O) groups is 2. The van der Waals surface area contributed by atoms with Crippen molar-refractivity contribution in [3.8, 4) is 0 Å². The number of hydrogen-bond acceptors (Lipinski definition) is 2. The van der Waals surface area contributed by atoms with Crippen molar-refractivity contribution < 1.29 is 9.59 Å². The lowest BCUT2D eigenvalue weighted by Gasteiger charge is -2.07. The summed E-state index contributed by atoms with van der Waals surface area (Å²) in [7, 11) is 0. The molecule has 0 aromatic heterocycles. The van der Waals surface area contributed by atoms with Gasteiger partial charge in [0, 0.05) is 11.3 Å². The Morgan fingerprint density at radius 2 is 1.67 bits per heavy atom. The van der Waals surface area contributed by atoms with Gasteiger partial charge in [-0.05, 0) is 35.9 Å². The largest absolute Gasteiger partial charge is 0.369 e. The molecule has 108 valence electrons. The Balaban J connectivity index is 2.08. The second-order valence-corrected chi connectivity index (χ2v) is 5.24. The summed E-state index contributed by atoms with van der Waals surface area (Å²) in [6, 6.07) is 11.5. The SMILES string of the molecule is NC(=O)Cc1ccc(NC(=O)c2ccc(Cl)c(Cl)c2)cc1. The number of anilines is 1. The lowest BCUT2D eigenvalue weighted by molar-refractivity contribution is -0.117. The molecule has 21 heavy (non-hydrogen) atoms. The van der Waals surface area contributed by atoms with Crippen LogP contribution in [0, 0.1) is 0 Å². The number of halogens is 2. The van der Waals surface area contributed by atoms with Crippen molar-refractivity contribution >= 4 is 40.7 Å². The van der Waals surface area contributed by atoms with Gasteiger partial charge in [-0.1, -0.05) is 35.3 Å². The molecule has 2 rings (SSSR count). The van der Waals surface area contributed by atoms with E-state index in [1.54, 1.807) is 36.4 Å². The fourth-order valence-electron chi connectivity index (χ4n) is 1.75. The van der Waals surface area contributed by atoms with Gasteiger partial charge in [0.25, 0.3) is 5.91 Å². The van der Waals surface area contributed by atoms with Gasteiger partial charge in [0.1, 0.15) is 0 Å². The highest BCUT2D eigenvalue weighted by molar-refractivity contribution is 6.42. The van der Waals surface area contributed by atoms with Gasteiger partial charge >= 0.3 is 0 Å². The van der Waals surface area contributed by atoms with Crippen LogP contribution >= 0.6 is 23.2 Å². The van der Waals surface area contributed by atoms with Crippen LogP contribution in [0.5, 0.6) is 0 Å². The fourth-order valence-corrected chi connectivity index (χ4v) is 2.05. The molecule has 0 heterocycles. The minimum Gasteiger partial charge on any atom is -0.369 e. The Morgan fingerprint density at radius 1 is 1.00 bits per heavy atom. The van der Waals surface area contributed by atoms with Crippen LogP contribution < -0.4 is 11.1 Å². The Labute approximate surface area is 131 Å². The molecule has 2 amide bonds. The zero-order valence-electron chi connectivity index (χ0n) is 10.9. The highest BCUT2D eigenvalue weighted by Gasteiger charge is 2.08. The van der Waals surface area contributed by atoms with E-state index in [-0.39, 0.29) is 12.3 Å². The first kappa shape index (κ1) is 15.4. The number of primary amides is 1. The molecule has 2 aromatic carbocycles. The van der Waals surface area contributed by atoms with Crippen molar-refractivity contribution in [2.75, 3.05) is 5.32 Å². The number of benzene rings is 2. The first-order valence-corrected chi connectivity index (χ1v) is 6.85. The molecule has 0 bridgehead atoms. The summed E-state index contributed by atoms with van der Waals surface area (Å²) < 4.78 is 0. The molecular formula is C15H12Cl2N2O2. The van der Waals surface area contributed by atoms with Crippen molar-refractivity contribution in [1.29, 1.82) is 0 Å². The fraction of sp³-hybridized carbons (Fsp3) is 0.0667. The van der Waals surface area contributed by atoms with Crippen LogP contribution in [-0.2, 0) is 11.2 Å². The Kier molecular flexibility index (Phi) is 4.83. The summed E-state index contributed by atoms with van der Waals surface area (Å²) in [5, 5.41) is 3.44. The summed E-state index contributed by atoms with van der Waals surface area (Å²) in [6.45, 7) is 0. The molecule has 0 radical (unpaired) electrons. The Hall–Kier alpha value is -2.04. The maximum absolute atomic E-state index is 12.1. The molecule has 0 unspecified atom stereocenters. The quantitative estimate of drug-likeness (QED) is 0.906. The van der Waals surface area contributed by atoms with Gasteiger partial charge in [0.2, 0.25) is 5.91 Å². The summed E-state index contributed by atoms with van der Waals surface area (Å²) >= 11 is 11.7. The topological polar surface area (TPSA) is 72.2 Å². The molecular weight excluding hydrogens is 311 g/mol. The van der Waals surface area contributed by atoms with E-state index in [2.05, 4.69) is 5.32 Å². The Bertz CT molecular complexity index is 685. The third-order valence-electron chi connectivity index (χ3n) is 2.77. The van der Waals surface area contributed by atoms with E-state index in [0.29, 0.717) is 21.3 Å². The van der Waals surface area contributed by atoms with Crippen LogP contribution in [0.25, 0.3) is 0 Å². The molecule has 0 saturated heterocycles. The van der Waals surface area contributed by atoms with E-state index in [1.165, 1.54) is 6.07 Å². The van der Waals surface area contributed by atoms with Crippen LogP contribution in [0.3, 0.4) is 0 Å². The number of hydrogen-bond donors (Lipinski definition) is 2. The average molecular weight is 323 g/mol. The maximum Gasteiger partial charge on any atom is 0.255 e. The normalized spacial score (nSPS) is 10.2. The minimum absolute atomic E-state index is 0.168. The van der Waals surface area contributed by atoms with Gasteiger partial charge in [0.05, 0.1) is 16.5 Å². The average Bonchev–Trinajstić information content (AvgIpc) is 2.43. The van der Waals surface area contributed by atoms with E-state index in [9.17, 15) is 9.59 Å². The first-order chi connectivity index (χ1) is 9.95. The molecule has 0 saturated carbocycles. The van der Waals surface area contributed by atoms with Crippen LogP contribution in [0.15, 0.2) is 42.5 Å². The zero-order valence-corrected chi connectivity index (χ0v) is 12.4. The van der Waals surface area contributed by atoms with Gasteiger partial charge < -0.3 is 11.1 Å². The molecule has 4 nitrogen and oxygen atoms in total. The highest BCUT2D eigenvalue weighted by Crippen LogP contribution is 2.23. The van der Waals surface area contributed by atoms with E-state index < -0.39 is 5.91 Å². The number of rotatable bonds is 4. The summed E-state index contributed by atoms with van der Waals surface area (Å²) in [5.41, 5.74) is 6.92. The van der Waals surface area contributed by atoms with Crippen molar-refractivity contribution in [2.45, 2.75) is 6.42 Å². The summed E-state index contributed by atoms with van der Waals surface area (Å²) in [5.74, 6) is -0.696. The van der Waals surface area contributed by atoms with Gasteiger partial charge in [-0.2, -0.15) is 0 Å². The molecule has 0 aliphatic rings. The second kappa shape index (κ2) is 6.61. The van der Waals surface area contributed by atoms with Crippen molar-refractivity contribution in [3.63, 3.8) is 0 Å².